The Morgan fingerprint density at radius 3 is 1.61 bits per heavy atom. The Morgan fingerprint density at radius 2 is 1.32 bits per heavy atom. The molecule has 1 amide bonds. The summed E-state index contributed by atoms with van der Waals surface area (Å²) in [5, 5.41) is 1.13. The van der Waals surface area contributed by atoms with Crippen LogP contribution in [-0.2, 0) is 4.84 Å². The van der Waals surface area contributed by atoms with E-state index in [1.54, 1.807) is 24.3 Å². The van der Waals surface area contributed by atoms with Crippen LogP contribution in [0, 0.1) is 7.43 Å². The van der Waals surface area contributed by atoms with Crippen molar-refractivity contribution < 1.29 is 40.9 Å². The molecule has 2 aromatic heterocycles. The zero-order chi connectivity index (χ0) is 18.8. The van der Waals surface area contributed by atoms with Crippen LogP contribution in [-0.4, -0.2) is 78.2 Å². The summed E-state index contributed by atoms with van der Waals surface area (Å²) in [4.78, 5) is 34.8. The molecular formula is C18H24BrMgN3O5. The number of carbonyl (C=O) groups excluding carboxylic acids is 2. The number of hydroxylamine groups is 2. The van der Waals surface area contributed by atoms with Gasteiger partial charge in [-0.05, 0) is 19.1 Å². The minimum Gasteiger partial charge on any atom is -1.00 e. The summed E-state index contributed by atoms with van der Waals surface area (Å²) < 4.78 is 9.69. The number of ketones is 1. The van der Waals surface area contributed by atoms with Gasteiger partial charge in [-0.2, -0.15) is 0 Å². The van der Waals surface area contributed by atoms with Crippen LogP contribution in [0.25, 0.3) is 0 Å². The molecule has 10 heteroatoms. The number of Topliss-reactive ketones (excluding diaryl/α,β-unsaturated/α-hetero) is 1. The number of ether oxygens (including phenoxy) is 2. The second kappa shape index (κ2) is 16.2. The van der Waals surface area contributed by atoms with E-state index >= 15 is 0 Å². The van der Waals surface area contributed by atoms with Crippen LogP contribution >= 0.6 is 0 Å². The minimum atomic E-state index is -0.248. The smallest absolute Gasteiger partial charge is 1.00 e. The molecule has 0 atom stereocenters. The third-order valence-corrected chi connectivity index (χ3v) is 3.10. The molecule has 8 nitrogen and oxygen atoms in total. The van der Waals surface area contributed by atoms with Crippen molar-refractivity contribution in [1.29, 1.82) is 0 Å². The van der Waals surface area contributed by atoms with E-state index in [0.717, 1.165) is 5.06 Å². The topological polar surface area (TPSA) is 90.9 Å². The van der Waals surface area contributed by atoms with Crippen LogP contribution in [0.5, 0.6) is 11.8 Å². The van der Waals surface area contributed by atoms with Crippen molar-refractivity contribution in [2.45, 2.75) is 6.92 Å². The molecule has 2 aromatic rings. The first kappa shape index (κ1) is 31.0. The van der Waals surface area contributed by atoms with Gasteiger partial charge in [0.2, 0.25) is 11.8 Å². The molecular weight excluding hydrogens is 442 g/mol. The van der Waals surface area contributed by atoms with Gasteiger partial charge in [-0.15, -0.1) is 0 Å². The largest absolute Gasteiger partial charge is 2.00 e. The average Bonchev–Trinajstić information content (AvgIpc) is 2.67. The molecule has 2 rings (SSSR count). The van der Waals surface area contributed by atoms with Gasteiger partial charge in [-0.25, -0.2) is 15.0 Å². The second-order valence-corrected chi connectivity index (χ2v) is 4.72. The number of pyridine rings is 2. The minimum absolute atomic E-state index is 0. The number of methoxy groups -OCH3 is 2. The Bertz CT molecular complexity index is 699. The van der Waals surface area contributed by atoms with Crippen LogP contribution in [0.4, 0.5) is 0 Å². The van der Waals surface area contributed by atoms with Crippen LogP contribution in [0.15, 0.2) is 36.7 Å². The predicted octanol–water partition coefficient (Wildman–Crippen LogP) is -0.910. The van der Waals surface area contributed by atoms with Crippen LogP contribution < -0.4 is 26.5 Å². The molecule has 0 fully saturated rings. The van der Waals surface area contributed by atoms with E-state index < -0.39 is 0 Å². The fourth-order valence-corrected chi connectivity index (χ4v) is 1.60. The molecule has 150 valence electrons. The van der Waals surface area contributed by atoms with Crippen molar-refractivity contribution in [3.63, 3.8) is 0 Å². The third-order valence-electron chi connectivity index (χ3n) is 3.10. The maximum atomic E-state index is 11.5. The molecule has 0 N–H and O–H groups in total. The summed E-state index contributed by atoms with van der Waals surface area (Å²) in [6.07, 6.45) is 2.94. The number of amides is 1. The Morgan fingerprint density at radius 1 is 0.893 bits per heavy atom. The molecule has 0 spiro atoms. The molecule has 0 radical (unpaired) electrons. The molecule has 0 bridgehead atoms. The van der Waals surface area contributed by atoms with Gasteiger partial charge >= 0.3 is 23.1 Å². The van der Waals surface area contributed by atoms with Crippen LogP contribution in [0.2, 0.25) is 0 Å². The van der Waals surface area contributed by atoms with Gasteiger partial charge in [0.25, 0.3) is 5.91 Å². The van der Waals surface area contributed by atoms with E-state index in [1.807, 2.05) is 0 Å². The fraction of sp³-hybridized carbons (Fsp3) is 0.278. The van der Waals surface area contributed by atoms with E-state index in [1.165, 1.54) is 47.7 Å². The van der Waals surface area contributed by atoms with Gasteiger partial charge < -0.3 is 33.9 Å². The van der Waals surface area contributed by atoms with Gasteiger partial charge in [0.1, 0.15) is 0 Å². The summed E-state index contributed by atoms with van der Waals surface area (Å²) in [5.41, 5.74) is 1.06. The van der Waals surface area contributed by atoms with Crippen molar-refractivity contribution in [3.05, 3.63) is 55.2 Å². The van der Waals surface area contributed by atoms with Gasteiger partial charge in [-0.3, -0.25) is 14.4 Å². The first-order valence-corrected chi connectivity index (χ1v) is 7.26. The van der Waals surface area contributed by atoms with Gasteiger partial charge in [0, 0.05) is 37.1 Å². The number of halogens is 1. The first-order chi connectivity index (χ1) is 11.9. The van der Waals surface area contributed by atoms with Crippen molar-refractivity contribution >= 4 is 34.7 Å². The Kier molecular flexibility index (Phi) is 17.9. The van der Waals surface area contributed by atoms with Gasteiger partial charge in [-0.1, -0.05) is 0 Å². The molecule has 0 aromatic carbocycles. The molecule has 0 saturated carbocycles. The maximum Gasteiger partial charge on any atom is 2.00 e. The quantitative estimate of drug-likeness (QED) is 0.244. The number of rotatable bonds is 5. The van der Waals surface area contributed by atoms with Crippen LogP contribution in [0.3, 0.4) is 0 Å². The van der Waals surface area contributed by atoms with Crippen molar-refractivity contribution in [2.24, 2.45) is 0 Å². The number of hydrogen-bond donors (Lipinski definition) is 0. The van der Waals surface area contributed by atoms with Gasteiger partial charge in [0.05, 0.1) is 26.9 Å². The van der Waals surface area contributed by atoms with E-state index in [4.69, 9.17) is 14.3 Å². The number of aromatic nitrogens is 2. The number of hydrogen-bond acceptors (Lipinski definition) is 7. The Labute approximate surface area is 192 Å². The number of nitrogens with zero attached hydrogens (tertiary/aromatic N) is 3. The second-order valence-electron chi connectivity index (χ2n) is 4.72. The van der Waals surface area contributed by atoms with E-state index in [9.17, 15) is 9.59 Å². The summed E-state index contributed by atoms with van der Waals surface area (Å²) >= 11 is 0. The molecule has 0 saturated heterocycles. The Balaban J connectivity index is -0.000000412. The molecule has 28 heavy (non-hydrogen) atoms. The van der Waals surface area contributed by atoms with E-state index in [0.29, 0.717) is 22.9 Å². The normalized spacial score (nSPS) is 8.46. The van der Waals surface area contributed by atoms with Gasteiger partial charge in [0.15, 0.2) is 5.78 Å². The standard InChI is InChI=1S/C9H12N2O3.C8H9NO2.CH3.BrH.Mg/c1-11(14-3)9(12)7-4-5-8(13-2)10-6-7;1-6(10)7-3-4-8(11-2)9-5-7;;;/h4-6H,1-3H3;3-5H,1-2H3;1H3;1H;/q;;-1;;+2/p-1. The molecule has 0 aliphatic rings. The van der Waals surface area contributed by atoms with Crippen molar-refractivity contribution in [3.8, 4) is 11.8 Å². The summed E-state index contributed by atoms with van der Waals surface area (Å²) in [6, 6.07) is 6.60. The third kappa shape index (κ3) is 9.97. The van der Waals surface area contributed by atoms with E-state index in [-0.39, 0.29) is 59.2 Å². The predicted molar refractivity (Wildman–Crippen MR) is 103 cm³/mol. The molecule has 0 aliphatic heterocycles. The molecule has 0 unspecified atom stereocenters. The first-order valence-electron chi connectivity index (χ1n) is 7.26. The summed E-state index contributed by atoms with van der Waals surface area (Å²) in [5.74, 6) is 0.763. The molecule has 2 heterocycles. The SMILES string of the molecule is COc1ccc(C(=O)N(C)OC)cn1.COc1ccc(C(C)=O)cn1.[Br-].[CH3-].[Mg+2]. The van der Waals surface area contributed by atoms with Crippen LogP contribution in [0.1, 0.15) is 27.6 Å². The van der Waals surface area contributed by atoms with E-state index in [2.05, 4.69) is 9.97 Å². The average molecular weight is 467 g/mol. The van der Waals surface area contributed by atoms with Crippen molar-refractivity contribution in [1.82, 2.24) is 15.0 Å². The summed E-state index contributed by atoms with van der Waals surface area (Å²) in [7, 11) is 6.02. The maximum absolute atomic E-state index is 11.5. The fourth-order valence-electron chi connectivity index (χ4n) is 1.60. The Hall–Kier alpha value is -1.75. The van der Waals surface area contributed by atoms with Crippen molar-refractivity contribution in [2.75, 3.05) is 28.4 Å². The number of carbonyl (C=O) groups is 2. The zero-order valence-electron chi connectivity index (χ0n) is 16.9. The summed E-state index contributed by atoms with van der Waals surface area (Å²) in [6.45, 7) is 1.50. The molecule has 0 aliphatic carbocycles. The monoisotopic (exact) mass is 465 g/mol. The zero-order valence-corrected chi connectivity index (χ0v) is 19.9.